The zero-order chi connectivity index (χ0) is 12.3. The standard InChI is InChI=1S/C12H17ClFN3/c1-2-9-10(14)11(16-8-15-9)17-12(7-13)5-3-4-6-12/h8H,2-7H2,1H3,(H,15,16,17). The average molecular weight is 258 g/mol. The lowest BCUT2D eigenvalue weighted by Gasteiger charge is -2.28. The van der Waals surface area contributed by atoms with Gasteiger partial charge in [-0.25, -0.2) is 14.4 Å². The molecular weight excluding hydrogens is 241 g/mol. The molecule has 1 heterocycles. The predicted octanol–water partition coefficient (Wildman–Crippen LogP) is 3.14. The Morgan fingerprint density at radius 3 is 2.71 bits per heavy atom. The monoisotopic (exact) mass is 257 g/mol. The minimum absolute atomic E-state index is 0.193. The number of aryl methyl sites for hydroxylation is 1. The van der Waals surface area contributed by atoms with Crippen LogP contribution in [0.5, 0.6) is 0 Å². The minimum Gasteiger partial charge on any atom is -0.361 e. The van der Waals surface area contributed by atoms with Crippen LogP contribution in [0.15, 0.2) is 6.33 Å². The molecule has 3 nitrogen and oxygen atoms in total. The largest absolute Gasteiger partial charge is 0.361 e. The average Bonchev–Trinajstić information content (AvgIpc) is 2.81. The van der Waals surface area contributed by atoms with Crippen molar-refractivity contribution in [3.63, 3.8) is 0 Å². The Balaban J connectivity index is 2.23. The Hall–Kier alpha value is -0.900. The number of nitrogens with zero attached hydrogens (tertiary/aromatic N) is 2. The number of hydrogen-bond acceptors (Lipinski definition) is 3. The van der Waals surface area contributed by atoms with Crippen molar-refractivity contribution in [1.29, 1.82) is 0 Å². The summed E-state index contributed by atoms with van der Waals surface area (Å²) in [5.74, 6) is 0.434. The van der Waals surface area contributed by atoms with Crippen molar-refractivity contribution in [3.05, 3.63) is 17.8 Å². The molecule has 0 radical (unpaired) electrons. The van der Waals surface area contributed by atoms with Crippen molar-refractivity contribution in [2.24, 2.45) is 0 Å². The zero-order valence-electron chi connectivity index (χ0n) is 9.97. The topological polar surface area (TPSA) is 37.8 Å². The summed E-state index contributed by atoms with van der Waals surface area (Å²) < 4.78 is 14.0. The molecule has 1 aromatic rings. The van der Waals surface area contributed by atoms with Gasteiger partial charge in [0.1, 0.15) is 6.33 Å². The SMILES string of the molecule is CCc1ncnc(NC2(CCl)CCCC2)c1F. The molecule has 1 fully saturated rings. The smallest absolute Gasteiger partial charge is 0.186 e. The summed E-state index contributed by atoms with van der Waals surface area (Å²) in [5.41, 5.74) is 0.257. The molecule has 1 aliphatic carbocycles. The van der Waals surface area contributed by atoms with E-state index in [1.807, 2.05) is 6.92 Å². The first-order valence-corrected chi connectivity index (χ1v) is 6.58. The summed E-state index contributed by atoms with van der Waals surface area (Å²) in [6, 6.07) is 0. The lowest BCUT2D eigenvalue weighted by Crippen LogP contribution is -2.37. The number of rotatable bonds is 4. The van der Waals surface area contributed by atoms with Crippen LogP contribution in [0.25, 0.3) is 0 Å². The van der Waals surface area contributed by atoms with Gasteiger partial charge in [-0.05, 0) is 19.3 Å². The van der Waals surface area contributed by atoms with Crippen LogP contribution >= 0.6 is 11.6 Å². The molecule has 0 aliphatic heterocycles. The normalized spacial score (nSPS) is 18.3. The number of anilines is 1. The van der Waals surface area contributed by atoms with E-state index in [0.29, 0.717) is 23.8 Å². The van der Waals surface area contributed by atoms with Gasteiger partial charge in [0.2, 0.25) is 0 Å². The number of nitrogens with one attached hydrogen (secondary N) is 1. The van der Waals surface area contributed by atoms with Crippen molar-refractivity contribution in [1.82, 2.24) is 9.97 Å². The summed E-state index contributed by atoms with van der Waals surface area (Å²) in [6.45, 7) is 1.88. The molecule has 17 heavy (non-hydrogen) atoms. The fourth-order valence-corrected chi connectivity index (χ4v) is 2.67. The molecule has 0 aromatic carbocycles. The van der Waals surface area contributed by atoms with Gasteiger partial charge < -0.3 is 5.32 Å². The molecule has 1 N–H and O–H groups in total. The quantitative estimate of drug-likeness (QED) is 0.842. The molecular formula is C12H17ClFN3. The number of alkyl halides is 1. The van der Waals surface area contributed by atoms with Crippen molar-refractivity contribution >= 4 is 17.4 Å². The summed E-state index contributed by atoms with van der Waals surface area (Å²) in [6.07, 6.45) is 6.18. The Bertz CT molecular complexity index is 391. The molecule has 1 aliphatic rings. The van der Waals surface area contributed by atoms with E-state index in [1.165, 1.54) is 6.33 Å². The van der Waals surface area contributed by atoms with Crippen molar-refractivity contribution in [2.45, 2.75) is 44.6 Å². The maximum Gasteiger partial charge on any atom is 0.186 e. The minimum atomic E-state index is -0.341. The molecule has 1 aromatic heterocycles. The number of aromatic nitrogens is 2. The van der Waals surface area contributed by atoms with E-state index in [9.17, 15) is 4.39 Å². The van der Waals surface area contributed by atoms with E-state index < -0.39 is 0 Å². The molecule has 2 rings (SSSR count). The summed E-state index contributed by atoms with van der Waals surface area (Å²) >= 11 is 6.01. The van der Waals surface area contributed by atoms with Gasteiger partial charge in [0.15, 0.2) is 11.6 Å². The molecule has 0 spiro atoms. The van der Waals surface area contributed by atoms with Gasteiger partial charge in [-0.2, -0.15) is 0 Å². The first-order chi connectivity index (χ1) is 8.21. The molecule has 1 saturated carbocycles. The fraction of sp³-hybridized carbons (Fsp3) is 0.667. The second-order valence-electron chi connectivity index (χ2n) is 4.58. The molecule has 0 atom stereocenters. The van der Waals surface area contributed by atoms with Gasteiger partial charge in [-0.15, -0.1) is 11.6 Å². The highest BCUT2D eigenvalue weighted by Crippen LogP contribution is 2.34. The van der Waals surface area contributed by atoms with E-state index >= 15 is 0 Å². The number of halogens is 2. The van der Waals surface area contributed by atoms with E-state index in [0.717, 1.165) is 25.7 Å². The van der Waals surface area contributed by atoms with E-state index in [-0.39, 0.29) is 11.4 Å². The Morgan fingerprint density at radius 1 is 1.41 bits per heavy atom. The third-order valence-corrected chi connectivity index (χ3v) is 3.91. The maximum atomic E-state index is 14.0. The summed E-state index contributed by atoms with van der Waals surface area (Å²) in [5, 5.41) is 3.19. The predicted molar refractivity (Wildman–Crippen MR) is 66.9 cm³/mol. The van der Waals surface area contributed by atoms with Gasteiger partial charge >= 0.3 is 0 Å². The maximum absolute atomic E-state index is 14.0. The Kier molecular flexibility index (Phi) is 3.82. The highest BCUT2D eigenvalue weighted by Gasteiger charge is 2.34. The summed E-state index contributed by atoms with van der Waals surface area (Å²) in [7, 11) is 0. The first kappa shape index (κ1) is 12.6. The molecule has 5 heteroatoms. The van der Waals surface area contributed by atoms with Crippen LogP contribution in [0.4, 0.5) is 10.2 Å². The lowest BCUT2D eigenvalue weighted by atomic mass is 10.0. The Labute approximate surface area is 106 Å². The van der Waals surface area contributed by atoms with E-state index in [1.54, 1.807) is 0 Å². The lowest BCUT2D eigenvalue weighted by molar-refractivity contribution is 0.522. The highest BCUT2D eigenvalue weighted by atomic mass is 35.5. The highest BCUT2D eigenvalue weighted by molar-refractivity contribution is 6.18. The zero-order valence-corrected chi connectivity index (χ0v) is 10.7. The fourth-order valence-electron chi connectivity index (χ4n) is 2.33. The number of hydrogen-bond donors (Lipinski definition) is 1. The molecule has 0 bridgehead atoms. The van der Waals surface area contributed by atoms with Crippen LogP contribution in [-0.2, 0) is 6.42 Å². The van der Waals surface area contributed by atoms with Crippen LogP contribution in [0, 0.1) is 5.82 Å². The molecule has 0 unspecified atom stereocenters. The van der Waals surface area contributed by atoms with Crippen LogP contribution in [0.3, 0.4) is 0 Å². The third-order valence-electron chi connectivity index (χ3n) is 3.40. The van der Waals surface area contributed by atoms with Crippen LogP contribution < -0.4 is 5.32 Å². The van der Waals surface area contributed by atoms with Gasteiger partial charge in [-0.3, -0.25) is 0 Å². The van der Waals surface area contributed by atoms with Crippen molar-refractivity contribution in [2.75, 3.05) is 11.2 Å². The molecule has 0 amide bonds. The van der Waals surface area contributed by atoms with Gasteiger partial charge in [0, 0.05) is 5.88 Å². The van der Waals surface area contributed by atoms with Gasteiger partial charge in [0.05, 0.1) is 11.2 Å². The van der Waals surface area contributed by atoms with Crippen molar-refractivity contribution < 1.29 is 4.39 Å². The first-order valence-electron chi connectivity index (χ1n) is 6.04. The van der Waals surface area contributed by atoms with E-state index in [4.69, 9.17) is 11.6 Å². The molecule has 0 saturated heterocycles. The summed E-state index contributed by atoms with van der Waals surface area (Å²) in [4.78, 5) is 7.91. The van der Waals surface area contributed by atoms with Gasteiger partial charge in [-0.1, -0.05) is 19.8 Å². The molecule has 94 valence electrons. The van der Waals surface area contributed by atoms with Crippen LogP contribution in [-0.4, -0.2) is 21.4 Å². The second kappa shape index (κ2) is 5.17. The van der Waals surface area contributed by atoms with Crippen molar-refractivity contribution in [3.8, 4) is 0 Å². The third kappa shape index (κ3) is 2.51. The van der Waals surface area contributed by atoms with Gasteiger partial charge in [0.25, 0.3) is 0 Å². The Morgan fingerprint density at radius 2 is 2.12 bits per heavy atom. The van der Waals surface area contributed by atoms with Crippen LogP contribution in [0.1, 0.15) is 38.3 Å². The van der Waals surface area contributed by atoms with E-state index in [2.05, 4.69) is 15.3 Å². The second-order valence-corrected chi connectivity index (χ2v) is 4.85. The van der Waals surface area contributed by atoms with Crippen LogP contribution in [0.2, 0.25) is 0 Å².